The lowest BCUT2D eigenvalue weighted by atomic mass is 10.1. The molecule has 2 aromatic carbocycles. The first-order chi connectivity index (χ1) is 14.0. The van der Waals surface area contributed by atoms with Gasteiger partial charge in [0.15, 0.2) is 0 Å². The minimum absolute atomic E-state index is 0.0882. The molecule has 1 heterocycles. The average molecular weight is 401 g/mol. The van der Waals surface area contributed by atoms with Crippen molar-refractivity contribution in [2.45, 2.75) is 13.3 Å². The molecule has 8 heteroatoms. The van der Waals surface area contributed by atoms with Crippen LogP contribution in [0.25, 0.3) is 22.9 Å². The Morgan fingerprint density at radius 1 is 1.10 bits per heavy atom. The van der Waals surface area contributed by atoms with Gasteiger partial charge in [0.1, 0.15) is 0 Å². The van der Waals surface area contributed by atoms with Crippen molar-refractivity contribution in [3.05, 3.63) is 59.7 Å². The maximum atomic E-state index is 12.8. The standard InChI is InChI=1S/C21H21F2N3O3/c1-14-4-3-5-17(12-14)20-25-24-19(29-20)15-6-8-16(9-7-15)21(27)26(10-11-28-2)13-18(22)23/h3-9,12,18H,10-11,13H2,1-2H3. The van der Waals surface area contributed by atoms with Gasteiger partial charge in [-0.15, -0.1) is 10.2 Å². The van der Waals surface area contributed by atoms with Gasteiger partial charge in [0.05, 0.1) is 13.2 Å². The summed E-state index contributed by atoms with van der Waals surface area (Å²) >= 11 is 0. The SMILES string of the molecule is COCCN(CC(F)F)C(=O)c1ccc(-c2nnc(-c3cccc(C)c3)o2)cc1. The maximum absolute atomic E-state index is 12.8. The van der Waals surface area contributed by atoms with Crippen LogP contribution in [0.5, 0.6) is 0 Å². The van der Waals surface area contributed by atoms with Crippen LogP contribution in [0, 0.1) is 6.92 Å². The van der Waals surface area contributed by atoms with E-state index >= 15 is 0 Å². The fraction of sp³-hybridized carbons (Fsp3) is 0.286. The van der Waals surface area contributed by atoms with Gasteiger partial charge in [0.2, 0.25) is 11.8 Å². The highest BCUT2D eigenvalue weighted by Gasteiger charge is 2.20. The number of rotatable bonds is 8. The van der Waals surface area contributed by atoms with E-state index < -0.39 is 18.9 Å². The molecule has 0 aliphatic carbocycles. The first-order valence-electron chi connectivity index (χ1n) is 9.05. The highest BCUT2D eigenvalue weighted by atomic mass is 19.3. The van der Waals surface area contributed by atoms with Gasteiger partial charge in [-0.3, -0.25) is 4.79 Å². The van der Waals surface area contributed by atoms with Crippen LogP contribution in [0.1, 0.15) is 15.9 Å². The van der Waals surface area contributed by atoms with Gasteiger partial charge < -0.3 is 14.1 Å². The second-order valence-corrected chi connectivity index (χ2v) is 6.49. The van der Waals surface area contributed by atoms with Crippen LogP contribution >= 0.6 is 0 Å². The lowest BCUT2D eigenvalue weighted by Gasteiger charge is -2.22. The first kappa shape index (κ1) is 20.6. The van der Waals surface area contributed by atoms with Crippen LogP contribution in [-0.4, -0.2) is 54.2 Å². The van der Waals surface area contributed by atoms with Crippen molar-refractivity contribution in [2.75, 3.05) is 26.8 Å². The van der Waals surface area contributed by atoms with Crippen molar-refractivity contribution in [1.82, 2.24) is 15.1 Å². The molecule has 0 aliphatic heterocycles. The number of carbonyl (C=O) groups is 1. The Labute approximate surface area is 167 Å². The molecule has 0 bridgehead atoms. The molecule has 0 spiro atoms. The average Bonchev–Trinajstić information content (AvgIpc) is 3.21. The van der Waals surface area contributed by atoms with E-state index in [2.05, 4.69) is 10.2 Å². The number of halogens is 2. The van der Waals surface area contributed by atoms with Crippen molar-refractivity contribution in [2.24, 2.45) is 0 Å². The number of aromatic nitrogens is 2. The summed E-state index contributed by atoms with van der Waals surface area (Å²) in [5.41, 5.74) is 2.82. The summed E-state index contributed by atoms with van der Waals surface area (Å²) in [6.07, 6.45) is -2.62. The number of methoxy groups -OCH3 is 1. The second-order valence-electron chi connectivity index (χ2n) is 6.49. The van der Waals surface area contributed by atoms with E-state index in [1.807, 2.05) is 31.2 Å². The summed E-state index contributed by atoms with van der Waals surface area (Å²) in [4.78, 5) is 13.6. The number of carbonyl (C=O) groups excluding carboxylic acids is 1. The monoisotopic (exact) mass is 401 g/mol. The molecule has 0 saturated carbocycles. The topological polar surface area (TPSA) is 68.5 Å². The Morgan fingerprint density at radius 3 is 2.41 bits per heavy atom. The molecule has 0 radical (unpaired) electrons. The van der Waals surface area contributed by atoms with E-state index in [0.717, 1.165) is 16.0 Å². The summed E-state index contributed by atoms with van der Waals surface area (Å²) in [6, 6.07) is 14.1. The zero-order chi connectivity index (χ0) is 20.8. The number of benzene rings is 2. The third kappa shape index (κ3) is 5.23. The molecule has 1 aromatic heterocycles. The minimum Gasteiger partial charge on any atom is -0.416 e. The Hall–Kier alpha value is -3.13. The summed E-state index contributed by atoms with van der Waals surface area (Å²) < 4.78 is 36.2. The van der Waals surface area contributed by atoms with Crippen molar-refractivity contribution >= 4 is 5.91 Å². The number of amides is 1. The number of aryl methyl sites for hydroxylation is 1. The van der Waals surface area contributed by atoms with Gasteiger partial charge in [0.25, 0.3) is 12.3 Å². The molecule has 0 fully saturated rings. The van der Waals surface area contributed by atoms with Crippen LogP contribution in [0.3, 0.4) is 0 Å². The third-order valence-corrected chi connectivity index (χ3v) is 4.28. The molecule has 6 nitrogen and oxygen atoms in total. The zero-order valence-corrected chi connectivity index (χ0v) is 16.1. The molecule has 152 valence electrons. The first-order valence-corrected chi connectivity index (χ1v) is 9.05. The van der Waals surface area contributed by atoms with Gasteiger partial charge >= 0.3 is 0 Å². The van der Waals surface area contributed by atoms with E-state index in [-0.39, 0.29) is 13.2 Å². The van der Waals surface area contributed by atoms with Crippen LogP contribution in [-0.2, 0) is 4.74 Å². The Morgan fingerprint density at radius 2 is 1.79 bits per heavy atom. The smallest absolute Gasteiger partial charge is 0.255 e. The molecule has 29 heavy (non-hydrogen) atoms. The Bertz CT molecular complexity index is 958. The number of alkyl halides is 2. The van der Waals surface area contributed by atoms with E-state index in [9.17, 15) is 13.6 Å². The number of ether oxygens (including phenoxy) is 1. The highest BCUT2D eigenvalue weighted by Crippen LogP contribution is 2.25. The molecule has 1 amide bonds. The molecular weight excluding hydrogens is 380 g/mol. The van der Waals surface area contributed by atoms with Gasteiger partial charge in [-0.1, -0.05) is 17.7 Å². The molecule has 0 aliphatic rings. The van der Waals surface area contributed by atoms with Gasteiger partial charge in [-0.2, -0.15) is 0 Å². The van der Waals surface area contributed by atoms with Crippen LogP contribution in [0.2, 0.25) is 0 Å². The van der Waals surface area contributed by atoms with Crippen molar-refractivity contribution in [3.63, 3.8) is 0 Å². The fourth-order valence-electron chi connectivity index (χ4n) is 2.82. The molecule has 0 N–H and O–H groups in total. The van der Waals surface area contributed by atoms with Crippen molar-refractivity contribution < 1.29 is 22.7 Å². The minimum atomic E-state index is -2.62. The Balaban J connectivity index is 1.76. The number of hydrogen-bond donors (Lipinski definition) is 0. The molecule has 3 rings (SSSR count). The third-order valence-electron chi connectivity index (χ3n) is 4.28. The predicted octanol–water partition coefficient (Wildman–Crippen LogP) is 4.07. The summed E-state index contributed by atoms with van der Waals surface area (Å²) in [6.45, 7) is 1.60. The largest absolute Gasteiger partial charge is 0.416 e. The van der Waals surface area contributed by atoms with E-state index in [1.54, 1.807) is 24.3 Å². The quantitative estimate of drug-likeness (QED) is 0.569. The molecule has 0 atom stereocenters. The van der Waals surface area contributed by atoms with E-state index in [0.29, 0.717) is 22.9 Å². The zero-order valence-electron chi connectivity index (χ0n) is 16.1. The van der Waals surface area contributed by atoms with Gasteiger partial charge in [0, 0.05) is 30.3 Å². The Kier molecular flexibility index (Phi) is 6.66. The van der Waals surface area contributed by atoms with Crippen LogP contribution in [0.15, 0.2) is 52.9 Å². The number of nitrogens with zero attached hydrogens (tertiary/aromatic N) is 3. The van der Waals surface area contributed by atoms with Gasteiger partial charge in [-0.05, 0) is 43.3 Å². The lowest BCUT2D eigenvalue weighted by Crippen LogP contribution is -2.37. The molecule has 0 saturated heterocycles. The fourth-order valence-corrected chi connectivity index (χ4v) is 2.82. The lowest BCUT2D eigenvalue weighted by molar-refractivity contribution is 0.0478. The molecule has 0 unspecified atom stereocenters. The van der Waals surface area contributed by atoms with Crippen LogP contribution in [0.4, 0.5) is 8.78 Å². The normalized spacial score (nSPS) is 11.1. The van der Waals surface area contributed by atoms with E-state index in [1.165, 1.54) is 7.11 Å². The summed E-state index contributed by atoms with van der Waals surface area (Å²) in [5.74, 6) is 0.218. The van der Waals surface area contributed by atoms with Gasteiger partial charge in [-0.25, -0.2) is 8.78 Å². The van der Waals surface area contributed by atoms with Crippen molar-refractivity contribution in [1.29, 1.82) is 0 Å². The van der Waals surface area contributed by atoms with Crippen molar-refractivity contribution in [3.8, 4) is 22.9 Å². The predicted molar refractivity (Wildman–Crippen MR) is 104 cm³/mol. The maximum Gasteiger partial charge on any atom is 0.255 e. The van der Waals surface area contributed by atoms with E-state index in [4.69, 9.17) is 9.15 Å². The molecule has 3 aromatic rings. The highest BCUT2D eigenvalue weighted by molar-refractivity contribution is 5.94. The second kappa shape index (κ2) is 9.38. The molecular formula is C21H21F2N3O3. The summed E-state index contributed by atoms with van der Waals surface area (Å²) in [5, 5.41) is 8.12. The van der Waals surface area contributed by atoms with Crippen LogP contribution < -0.4 is 0 Å². The number of hydrogen-bond acceptors (Lipinski definition) is 5. The summed E-state index contributed by atoms with van der Waals surface area (Å²) in [7, 11) is 1.45.